The second kappa shape index (κ2) is 7.38. The van der Waals surface area contributed by atoms with Crippen molar-refractivity contribution in [2.24, 2.45) is 0 Å². The van der Waals surface area contributed by atoms with E-state index in [-0.39, 0.29) is 9.64 Å². The topological polar surface area (TPSA) is 72.3 Å². The Morgan fingerprint density at radius 1 is 1.24 bits per heavy atom. The highest BCUT2D eigenvalue weighted by molar-refractivity contribution is 8.16. The summed E-state index contributed by atoms with van der Waals surface area (Å²) in [7, 11) is 0. The van der Waals surface area contributed by atoms with Crippen molar-refractivity contribution < 1.29 is 14.6 Å². The van der Waals surface area contributed by atoms with Crippen molar-refractivity contribution in [3.05, 3.63) is 53.1 Å². The number of benzene rings is 1. The van der Waals surface area contributed by atoms with Crippen LogP contribution >= 0.6 is 23.5 Å². The molecular formula is C18H16N2O3S2. The van der Waals surface area contributed by atoms with Crippen LogP contribution in [0.4, 0.5) is 0 Å². The van der Waals surface area contributed by atoms with Crippen LogP contribution in [0, 0.1) is 11.8 Å². The number of fused-ring (bicyclic) bond motifs is 1. The highest BCUT2D eigenvalue weighted by Gasteiger charge is 2.36. The SMILES string of the molecule is CSC1(SC)CCOc2ccc(C#Cc3ncc(C(=O)O)cn3)cc21. The summed E-state index contributed by atoms with van der Waals surface area (Å²) in [6, 6.07) is 5.92. The maximum Gasteiger partial charge on any atom is 0.338 e. The standard InChI is InChI=1S/C18H16N2O3S2/c1-24-18(25-2)7-8-23-15-5-3-12(9-14(15)18)4-6-16-19-10-13(11-20-16)17(21)22/h3,5,9-11H,7-8H2,1-2H3,(H,21,22). The van der Waals surface area contributed by atoms with E-state index in [0.29, 0.717) is 12.4 Å². The zero-order chi connectivity index (χ0) is 17.9. The molecule has 0 amide bonds. The lowest BCUT2D eigenvalue weighted by atomic mass is 10.0. The maximum atomic E-state index is 10.8. The molecule has 1 N–H and O–H groups in total. The molecule has 7 heteroatoms. The summed E-state index contributed by atoms with van der Waals surface area (Å²) in [5, 5.41) is 8.86. The molecule has 0 atom stereocenters. The first kappa shape index (κ1) is 17.6. The van der Waals surface area contributed by atoms with E-state index in [0.717, 1.165) is 23.3 Å². The van der Waals surface area contributed by atoms with Gasteiger partial charge < -0.3 is 9.84 Å². The molecule has 2 heterocycles. The third kappa shape index (κ3) is 3.60. The molecule has 1 aromatic heterocycles. The first-order chi connectivity index (χ1) is 12.1. The molecule has 0 saturated heterocycles. The summed E-state index contributed by atoms with van der Waals surface area (Å²) in [5.74, 6) is 6.07. The van der Waals surface area contributed by atoms with Gasteiger partial charge in [0.2, 0.25) is 5.82 Å². The van der Waals surface area contributed by atoms with Crippen molar-refractivity contribution in [2.45, 2.75) is 10.5 Å². The number of rotatable bonds is 3. The van der Waals surface area contributed by atoms with Gasteiger partial charge in [-0.15, -0.1) is 23.5 Å². The van der Waals surface area contributed by atoms with Crippen molar-refractivity contribution in [1.82, 2.24) is 9.97 Å². The number of hydrogen-bond donors (Lipinski definition) is 1. The summed E-state index contributed by atoms with van der Waals surface area (Å²) in [4.78, 5) is 18.7. The van der Waals surface area contributed by atoms with E-state index >= 15 is 0 Å². The first-order valence-electron chi connectivity index (χ1n) is 7.53. The predicted octanol–water partition coefficient (Wildman–Crippen LogP) is 3.24. The average molecular weight is 372 g/mol. The van der Waals surface area contributed by atoms with E-state index < -0.39 is 5.97 Å². The number of hydrogen-bond acceptors (Lipinski definition) is 6. The molecule has 1 aromatic carbocycles. The monoisotopic (exact) mass is 372 g/mol. The largest absolute Gasteiger partial charge is 0.493 e. The fourth-order valence-electron chi connectivity index (χ4n) is 2.60. The fourth-order valence-corrected chi connectivity index (χ4v) is 4.60. The Kier molecular flexibility index (Phi) is 5.21. The van der Waals surface area contributed by atoms with Crippen LogP contribution in [0.25, 0.3) is 0 Å². The van der Waals surface area contributed by atoms with Gasteiger partial charge in [0.1, 0.15) is 5.75 Å². The van der Waals surface area contributed by atoms with E-state index in [9.17, 15) is 4.79 Å². The normalized spacial score (nSPS) is 14.6. The first-order valence-corrected chi connectivity index (χ1v) is 9.98. The highest BCUT2D eigenvalue weighted by atomic mass is 32.2. The summed E-state index contributed by atoms with van der Waals surface area (Å²) < 4.78 is 5.76. The van der Waals surface area contributed by atoms with Gasteiger partial charge in [0.05, 0.1) is 16.2 Å². The minimum Gasteiger partial charge on any atom is -0.493 e. The average Bonchev–Trinajstić information content (AvgIpc) is 2.66. The van der Waals surface area contributed by atoms with E-state index in [1.54, 1.807) is 0 Å². The predicted molar refractivity (Wildman–Crippen MR) is 100 cm³/mol. The van der Waals surface area contributed by atoms with Crippen molar-refractivity contribution in [1.29, 1.82) is 0 Å². The van der Waals surface area contributed by atoms with Gasteiger partial charge in [0.25, 0.3) is 0 Å². The van der Waals surface area contributed by atoms with Crippen LogP contribution in [0.3, 0.4) is 0 Å². The molecule has 0 unspecified atom stereocenters. The second-order valence-corrected chi connectivity index (χ2v) is 7.79. The number of carbonyl (C=O) groups is 1. The lowest BCUT2D eigenvalue weighted by molar-refractivity contribution is 0.0696. The van der Waals surface area contributed by atoms with Crippen LogP contribution in [-0.2, 0) is 4.08 Å². The Hall–Kier alpha value is -2.17. The number of nitrogens with zero attached hydrogens (tertiary/aromatic N) is 2. The minimum absolute atomic E-state index is 0.0229. The van der Waals surface area contributed by atoms with E-state index in [1.807, 2.05) is 35.7 Å². The van der Waals surface area contributed by atoms with Crippen molar-refractivity contribution in [2.75, 3.05) is 19.1 Å². The van der Waals surface area contributed by atoms with Crippen LogP contribution in [0.15, 0.2) is 30.6 Å². The molecule has 0 saturated carbocycles. The molecule has 5 nitrogen and oxygen atoms in total. The third-order valence-corrected chi connectivity index (χ3v) is 7.12. The number of aromatic carboxylic acids is 1. The molecule has 1 aliphatic heterocycles. The van der Waals surface area contributed by atoms with Crippen molar-refractivity contribution in [3.8, 4) is 17.6 Å². The van der Waals surface area contributed by atoms with Crippen LogP contribution in [0.2, 0.25) is 0 Å². The molecule has 0 spiro atoms. The molecule has 0 fully saturated rings. The molecule has 0 bridgehead atoms. The zero-order valence-electron chi connectivity index (χ0n) is 13.8. The van der Waals surface area contributed by atoms with E-state index in [2.05, 4.69) is 40.4 Å². The lowest BCUT2D eigenvalue weighted by Gasteiger charge is -2.36. The number of thioether (sulfide) groups is 2. The zero-order valence-corrected chi connectivity index (χ0v) is 15.4. The molecular weight excluding hydrogens is 356 g/mol. The fraction of sp³-hybridized carbons (Fsp3) is 0.278. The Morgan fingerprint density at radius 3 is 2.60 bits per heavy atom. The van der Waals surface area contributed by atoms with Crippen LogP contribution in [0.5, 0.6) is 5.75 Å². The van der Waals surface area contributed by atoms with E-state index in [1.165, 1.54) is 12.4 Å². The summed E-state index contributed by atoms with van der Waals surface area (Å²) in [6.45, 7) is 0.712. The van der Waals surface area contributed by atoms with Gasteiger partial charge in [-0.2, -0.15) is 0 Å². The van der Waals surface area contributed by atoms with Gasteiger partial charge in [0.15, 0.2) is 0 Å². The summed E-state index contributed by atoms with van der Waals surface area (Å²) >= 11 is 3.64. The van der Waals surface area contributed by atoms with Gasteiger partial charge in [-0.3, -0.25) is 0 Å². The number of aromatic nitrogens is 2. The Labute approximate surface area is 154 Å². The summed E-state index contributed by atoms with van der Waals surface area (Å²) in [6.07, 6.45) is 7.68. The number of carboxylic acid groups (broad SMARTS) is 1. The Bertz CT molecular complexity index is 853. The van der Waals surface area contributed by atoms with Crippen LogP contribution < -0.4 is 4.74 Å². The molecule has 0 aliphatic carbocycles. The molecule has 128 valence electrons. The number of carboxylic acids is 1. The maximum absolute atomic E-state index is 10.8. The second-order valence-electron chi connectivity index (χ2n) is 5.32. The molecule has 2 aromatic rings. The molecule has 25 heavy (non-hydrogen) atoms. The van der Waals surface area contributed by atoms with Crippen LogP contribution in [-0.4, -0.2) is 40.2 Å². The van der Waals surface area contributed by atoms with Gasteiger partial charge in [0, 0.05) is 29.9 Å². The van der Waals surface area contributed by atoms with Gasteiger partial charge in [-0.05, 0) is 36.6 Å². The van der Waals surface area contributed by atoms with Crippen molar-refractivity contribution >= 4 is 29.5 Å². The molecule has 3 rings (SSSR count). The smallest absolute Gasteiger partial charge is 0.338 e. The lowest BCUT2D eigenvalue weighted by Crippen LogP contribution is -2.26. The van der Waals surface area contributed by atoms with E-state index in [4.69, 9.17) is 9.84 Å². The minimum atomic E-state index is -1.06. The van der Waals surface area contributed by atoms with Gasteiger partial charge in [-0.25, -0.2) is 14.8 Å². The molecule has 1 aliphatic rings. The Balaban J connectivity index is 1.91. The number of ether oxygens (including phenoxy) is 1. The highest BCUT2D eigenvalue weighted by Crippen LogP contribution is 2.52. The third-order valence-electron chi connectivity index (χ3n) is 3.96. The van der Waals surface area contributed by atoms with Gasteiger partial charge >= 0.3 is 5.97 Å². The quantitative estimate of drug-likeness (QED) is 0.655. The van der Waals surface area contributed by atoms with Gasteiger partial charge in [-0.1, -0.05) is 5.92 Å². The Morgan fingerprint density at radius 2 is 1.96 bits per heavy atom. The van der Waals surface area contributed by atoms with Crippen molar-refractivity contribution in [3.63, 3.8) is 0 Å². The summed E-state index contributed by atoms with van der Waals surface area (Å²) in [5.41, 5.74) is 2.04. The van der Waals surface area contributed by atoms with Crippen LogP contribution in [0.1, 0.15) is 33.7 Å². The molecule has 0 radical (unpaired) electrons.